The fourth-order valence-electron chi connectivity index (χ4n) is 2.07. The average Bonchev–Trinajstić information content (AvgIpc) is 2.78. The Morgan fingerprint density at radius 3 is 2.30 bits per heavy atom. The number of amides is 2. The first-order valence-corrected chi connectivity index (χ1v) is 6.95. The van der Waals surface area contributed by atoms with Gasteiger partial charge in [0, 0.05) is 0 Å². The maximum absolute atomic E-state index is 11.6. The van der Waals surface area contributed by atoms with Gasteiger partial charge in [-0.1, -0.05) is 54.6 Å². The SMILES string of the molecule is O=C1NC(=O)/C(=C\c2ccccc2-c2ccccc2)S1. The van der Waals surface area contributed by atoms with E-state index in [1.807, 2.05) is 54.6 Å². The predicted molar refractivity (Wildman–Crippen MR) is 81.0 cm³/mol. The van der Waals surface area contributed by atoms with Gasteiger partial charge in [0.05, 0.1) is 4.91 Å². The molecule has 20 heavy (non-hydrogen) atoms. The fourth-order valence-corrected chi connectivity index (χ4v) is 2.74. The summed E-state index contributed by atoms with van der Waals surface area (Å²) < 4.78 is 0. The molecule has 98 valence electrons. The van der Waals surface area contributed by atoms with Crippen LogP contribution in [0.4, 0.5) is 4.79 Å². The molecule has 2 amide bonds. The lowest BCUT2D eigenvalue weighted by Gasteiger charge is -2.06. The van der Waals surface area contributed by atoms with Crippen molar-refractivity contribution in [1.82, 2.24) is 5.32 Å². The second-order valence-electron chi connectivity index (χ2n) is 4.31. The van der Waals surface area contributed by atoms with E-state index >= 15 is 0 Å². The Labute approximate surface area is 120 Å². The van der Waals surface area contributed by atoms with Gasteiger partial charge in [-0.2, -0.15) is 0 Å². The molecule has 0 atom stereocenters. The molecule has 1 aliphatic heterocycles. The average molecular weight is 281 g/mol. The maximum atomic E-state index is 11.6. The van der Waals surface area contributed by atoms with E-state index in [0.29, 0.717) is 4.91 Å². The Kier molecular flexibility index (Phi) is 3.39. The Balaban J connectivity index is 2.05. The van der Waals surface area contributed by atoms with E-state index in [9.17, 15) is 9.59 Å². The molecular formula is C16H11NO2S. The van der Waals surface area contributed by atoms with E-state index in [2.05, 4.69) is 5.32 Å². The second-order valence-corrected chi connectivity index (χ2v) is 5.32. The van der Waals surface area contributed by atoms with Gasteiger partial charge in [0.15, 0.2) is 0 Å². The molecule has 3 nitrogen and oxygen atoms in total. The topological polar surface area (TPSA) is 46.2 Å². The predicted octanol–water partition coefficient (Wildman–Crippen LogP) is 3.68. The van der Waals surface area contributed by atoms with Gasteiger partial charge in [-0.25, -0.2) is 0 Å². The van der Waals surface area contributed by atoms with E-state index in [-0.39, 0.29) is 11.1 Å². The van der Waals surface area contributed by atoms with Crippen molar-refractivity contribution in [2.45, 2.75) is 0 Å². The maximum Gasteiger partial charge on any atom is 0.290 e. The Hall–Kier alpha value is -2.33. The largest absolute Gasteiger partial charge is 0.290 e. The molecule has 1 saturated heterocycles. The van der Waals surface area contributed by atoms with Gasteiger partial charge in [-0.05, 0) is 34.5 Å². The van der Waals surface area contributed by atoms with Crippen molar-refractivity contribution in [2.24, 2.45) is 0 Å². The van der Waals surface area contributed by atoms with Gasteiger partial charge in [0.25, 0.3) is 11.1 Å². The number of benzene rings is 2. The first-order valence-electron chi connectivity index (χ1n) is 6.13. The van der Waals surface area contributed by atoms with E-state index in [1.165, 1.54) is 0 Å². The fraction of sp³-hybridized carbons (Fsp3) is 0. The molecule has 1 N–H and O–H groups in total. The number of rotatable bonds is 2. The first-order chi connectivity index (χ1) is 9.74. The lowest BCUT2D eigenvalue weighted by Crippen LogP contribution is -2.17. The van der Waals surface area contributed by atoms with E-state index in [4.69, 9.17) is 0 Å². The van der Waals surface area contributed by atoms with Gasteiger partial charge in [0.1, 0.15) is 0 Å². The zero-order valence-corrected chi connectivity index (χ0v) is 11.3. The monoisotopic (exact) mass is 281 g/mol. The van der Waals surface area contributed by atoms with Crippen LogP contribution in [0.3, 0.4) is 0 Å². The summed E-state index contributed by atoms with van der Waals surface area (Å²) in [6, 6.07) is 17.8. The zero-order chi connectivity index (χ0) is 13.9. The van der Waals surface area contributed by atoms with Crippen LogP contribution < -0.4 is 5.32 Å². The standard InChI is InChI=1S/C16H11NO2S/c18-15-14(20-16(19)17-15)10-12-8-4-5-9-13(12)11-6-2-1-3-7-11/h1-10H,(H,17,18,19)/b14-10+. The highest BCUT2D eigenvalue weighted by Crippen LogP contribution is 2.30. The molecule has 0 aliphatic carbocycles. The van der Waals surface area contributed by atoms with Crippen molar-refractivity contribution in [2.75, 3.05) is 0 Å². The van der Waals surface area contributed by atoms with Crippen LogP contribution >= 0.6 is 11.8 Å². The summed E-state index contributed by atoms with van der Waals surface area (Å²) in [7, 11) is 0. The normalized spacial score (nSPS) is 16.5. The second kappa shape index (κ2) is 5.35. The molecule has 1 heterocycles. The third-order valence-electron chi connectivity index (χ3n) is 2.97. The van der Waals surface area contributed by atoms with E-state index < -0.39 is 0 Å². The smallest absolute Gasteiger partial charge is 0.282 e. The van der Waals surface area contributed by atoms with Gasteiger partial charge >= 0.3 is 0 Å². The first kappa shape index (κ1) is 12.7. The molecular weight excluding hydrogens is 270 g/mol. The molecule has 1 fully saturated rings. The van der Waals surface area contributed by atoms with Crippen molar-refractivity contribution in [3.8, 4) is 11.1 Å². The number of carbonyl (C=O) groups excluding carboxylic acids is 2. The summed E-state index contributed by atoms with van der Waals surface area (Å²) in [6.07, 6.45) is 1.76. The lowest BCUT2D eigenvalue weighted by atomic mass is 9.99. The minimum absolute atomic E-state index is 0.321. The van der Waals surface area contributed by atoms with Crippen LogP contribution in [0.5, 0.6) is 0 Å². The number of imide groups is 1. The summed E-state index contributed by atoms with van der Waals surface area (Å²) in [5.41, 5.74) is 3.04. The lowest BCUT2D eigenvalue weighted by molar-refractivity contribution is -0.115. The van der Waals surface area contributed by atoms with E-state index in [0.717, 1.165) is 28.5 Å². The quantitative estimate of drug-likeness (QED) is 0.854. The van der Waals surface area contributed by atoms with Crippen molar-refractivity contribution < 1.29 is 9.59 Å². The summed E-state index contributed by atoms with van der Waals surface area (Å²) in [6.45, 7) is 0. The highest BCUT2D eigenvalue weighted by Gasteiger charge is 2.25. The van der Waals surface area contributed by atoms with Crippen molar-refractivity contribution in [3.05, 3.63) is 65.1 Å². The number of nitrogens with one attached hydrogen (secondary N) is 1. The summed E-state index contributed by atoms with van der Waals surface area (Å²) >= 11 is 0.934. The molecule has 0 saturated carbocycles. The number of carbonyl (C=O) groups is 2. The zero-order valence-electron chi connectivity index (χ0n) is 10.5. The summed E-state index contributed by atoms with van der Waals surface area (Å²) in [4.78, 5) is 23.2. The molecule has 0 aromatic heterocycles. The minimum Gasteiger partial charge on any atom is -0.282 e. The van der Waals surface area contributed by atoms with Crippen LogP contribution in [0.15, 0.2) is 59.5 Å². The van der Waals surface area contributed by atoms with Crippen LogP contribution in [0.25, 0.3) is 17.2 Å². The Morgan fingerprint density at radius 2 is 1.60 bits per heavy atom. The molecule has 4 heteroatoms. The minimum atomic E-state index is -0.331. The van der Waals surface area contributed by atoms with Crippen molar-refractivity contribution in [3.63, 3.8) is 0 Å². The molecule has 2 aromatic rings. The van der Waals surface area contributed by atoms with Crippen molar-refractivity contribution >= 4 is 29.0 Å². The molecule has 0 unspecified atom stereocenters. The van der Waals surface area contributed by atoms with Gasteiger partial charge < -0.3 is 0 Å². The summed E-state index contributed by atoms with van der Waals surface area (Å²) in [5.74, 6) is -0.331. The molecule has 0 bridgehead atoms. The van der Waals surface area contributed by atoms with E-state index in [1.54, 1.807) is 6.08 Å². The third-order valence-corrected chi connectivity index (χ3v) is 3.78. The third kappa shape index (κ3) is 2.51. The van der Waals surface area contributed by atoms with Gasteiger partial charge in [0.2, 0.25) is 0 Å². The molecule has 3 rings (SSSR count). The summed E-state index contributed by atoms with van der Waals surface area (Å²) in [5, 5.41) is 1.94. The molecule has 2 aromatic carbocycles. The van der Waals surface area contributed by atoms with Gasteiger partial charge in [-0.15, -0.1) is 0 Å². The van der Waals surface area contributed by atoms with Crippen LogP contribution in [-0.2, 0) is 4.79 Å². The molecule has 0 radical (unpaired) electrons. The van der Waals surface area contributed by atoms with Crippen LogP contribution in [-0.4, -0.2) is 11.1 Å². The molecule has 0 spiro atoms. The van der Waals surface area contributed by atoms with Crippen LogP contribution in [0, 0.1) is 0 Å². The Bertz CT molecular complexity index is 707. The van der Waals surface area contributed by atoms with Crippen molar-refractivity contribution in [1.29, 1.82) is 0 Å². The van der Waals surface area contributed by atoms with Crippen LogP contribution in [0.2, 0.25) is 0 Å². The number of hydrogen-bond donors (Lipinski definition) is 1. The van der Waals surface area contributed by atoms with Crippen LogP contribution in [0.1, 0.15) is 5.56 Å². The Morgan fingerprint density at radius 1 is 0.900 bits per heavy atom. The highest BCUT2D eigenvalue weighted by molar-refractivity contribution is 8.18. The number of thioether (sulfide) groups is 1. The molecule has 1 aliphatic rings. The van der Waals surface area contributed by atoms with Gasteiger partial charge in [-0.3, -0.25) is 14.9 Å². The number of hydrogen-bond acceptors (Lipinski definition) is 3. The highest BCUT2D eigenvalue weighted by atomic mass is 32.2.